The normalized spacial score (nSPS) is 12.8. The fourth-order valence-corrected chi connectivity index (χ4v) is 1.86. The van der Waals surface area contributed by atoms with Crippen molar-refractivity contribution in [1.29, 1.82) is 0 Å². The predicted molar refractivity (Wildman–Crippen MR) is 63.9 cm³/mol. The van der Waals surface area contributed by atoms with Gasteiger partial charge in [0.15, 0.2) is 5.01 Å². The zero-order valence-electron chi connectivity index (χ0n) is 9.71. The van der Waals surface area contributed by atoms with Crippen LogP contribution in [0.5, 0.6) is 0 Å². The minimum absolute atomic E-state index is 0.420. The molecule has 0 bridgehead atoms. The number of thiazole rings is 1. The average molecular weight is 264 g/mol. The lowest BCUT2D eigenvalue weighted by atomic mass is 10.3. The van der Waals surface area contributed by atoms with E-state index in [1.807, 2.05) is 19.9 Å². The number of hydrogen-bond donors (Lipinski definition) is 1. The summed E-state index contributed by atoms with van der Waals surface area (Å²) < 4.78 is 36.7. The van der Waals surface area contributed by atoms with Crippen LogP contribution in [0.4, 0.5) is 13.2 Å². The Kier molecular flexibility index (Phi) is 5.14. The second-order valence-electron chi connectivity index (χ2n) is 3.87. The highest BCUT2D eigenvalue weighted by molar-refractivity contribution is 7.12. The van der Waals surface area contributed by atoms with E-state index in [0.717, 1.165) is 13.0 Å². The van der Waals surface area contributed by atoms with Crippen molar-refractivity contribution >= 4 is 17.4 Å². The van der Waals surface area contributed by atoms with Crippen molar-refractivity contribution in [2.75, 3.05) is 6.54 Å². The maximum atomic E-state index is 12.2. The molecular weight excluding hydrogens is 249 g/mol. The van der Waals surface area contributed by atoms with E-state index in [-0.39, 0.29) is 0 Å². The minimum atomic E-state index is -4.34. The number of halogens is 3. The Morgan fingerprint density at radius 3 is 2.71 bits per heavy atom. The van der Waals surface area contributed by atoms with Crippen molar-refractivity contribution in [3.8, 4) is 0 Å². The van der Waals surface area contributed by atoms with Crippen LogP contribution in [0.2, 0.25) is 0 Å². The highest BCUT2D eigenvalue weighted by Crippen LogP contribution is 2.32. The Bertz CT molecular complexity index is 369. The largest absolute Gasteiger partial charge is 0.443 e. The molecule has 0 spiro atoms. The molecule has 0 saturated heterocycles. The van der Waals surface area contributed by atoms with Gasteiger partial charge in [-0.05, 0) is 19.0 Å². The summed E-state index contributed by atoms with van der Waals surface area (Å²) in [7, 11) is 0. The van der Waals surface area contributed by atoms with Crippen molar-refractivity contribution in [2.24, 2.45) is 0 Å². The number of aromatic nitrogens is 1. The quantitative estimate of drug-likeness (QED) is 0.822. The molecule has 0 amide bonds. The Morgan fingerprint density at radius 1 is 1.47 bits per heavy atom. The van der Waals surface area contributed by atoms with E-state index >= 15 is 0 Å². The van der Waals surface area contributed by atoms with Crippen LogP contribution in [0.1, 0.15) is 30.2 Å². The van der Waals surface area contributed by atoms with Gasteiger partial charge in [-0.1, -0.05) is 19.9 Å². The molecule has 1 N–H and O–H groups in total. The zero-order valence-corrected chi connectivity index (χ0v) is 10.5. The minimum Gasteiger partial charge on any atom is -0.314 e. The lowest BCUT2D eigenvalue weighted by Gasteiger charge is -2.04. The number of alkyl halides is 3. The molecule has 1 aromatic rings. The molecule has 1 aromatic heterocycles. The van der Waals surface area contributed by atoms with Gasteiger partial charge in [-0.25, -0.2) is 4.98 Å². The molecule has 0 aromatic carbocycles. The Balaban J connectivity index is 2.41. The van der Waals surface area contributed by atoms with E-state index in [2.05, 4.69) is 10.3 Å². The molecule has 0 radical (unpaired) electrons. The van der Waals surface area contributed by atoms with Crippen molar-refractivity contribution in [3.63, 3.8) is 0 Å². The summed E-state index contributed by atoms with van der Waals surface area (Å²) in [4.78, 5) is 3.87. The van der Waals surface area contributed by atoms with Gasteiger partial charge < -0.3 is 5.32 Å². The molecule has 0 atom stereocenters. The van der Waals surface area contributed by atoms with Crippen LogP contribution in [0, 0.1) is 0 Å². The first-order valence-electron chi connectivity index (χ1n) is 5.32. The van der Waals surface area contributed by atoms with E-state index < -0.39 is 11.2 Å². The molecule has 0 aliphatic rings. The van der Waals surface area contributed by atoms with Crippen LogP contribution in [-0.2, 0) is 6.18 Å². The molecule has 1 rings (SSSR count). The van der Waals surface area contributed by atoms with E-state index in [0.29, 0.717) is 22.3 Å². The Hall–Kier alpha value is -0.880. The van der Waals surface area contributed by atoms with Crippen molar-refractivity contribution < 1.29 is 13.2 Å². The maximum absolute atomic E-state index is 12.2. The molecule has 0 aliphatic carbocycles. The molecule has 0 fully saturated rings. The second-order valence-corrected chi connectivity index (χ2v) is 4.93. The molecule has 0 aliphatic heterocycles. The molecule has 1 heterocycles. The lowest BCUT2D eigenvalue weighted by molar-refractivity contribution is -0.137. The van der Waals surface area contributed by atoms with E-state index in [9.17, 15) is 13.2 Å². The van der Waals surface area contributed by atoms with Gasteiger partial charge in [0.05, 0.1) is 0 Å². The highest BCUT2D eigenvalue weighted by atomic mass is 32.1. The van der Waals surface area contributed by atoms with Crippen molar-refractivity contribution in [3.05, 3.63) is 22.2 Å². The van der Waals surface area contributed by atoms with Gasteiger partial charge in [-0.15, -0.1) is 11.3 Å². The van der Waals surface area contributed by atoms with Crippen molar-refractivity contribution in [1.82, 2.24) is 10.3 Å². The summed E-state index contributed by atoms with van der Waals surface area (Å²) in [5.41, 5.74) is 0. The van der Waals surface area contributed by atoms with Gasteiger partial charge in [0.1, 0.15) is 0 Å². The van der Waals surface area contributed by atoms with E-state index in [4.69, 9.17) is 0 Å². The predicted octanol–water partition coefficient (Wildman–Crippen LogP) is 3.56. The Morgan fingerprint density at radius 2 is 2.18 bits per heavy atom. The Labute approximate surface area is 103 Å². The smallest absolute Gasteiger partial charge is 0.314 e. The molecule has 6 heteroatoms. The molecule has 17 heavy (non-hydrogen) atoms. The first-order chi connectivity index (χ1) is 7.89. The summed E-state index contributed by atoms with van der Waals surface area (Å²) in [5, 5.41) is 2.42. The van der Waals surface area contributed by atoms with Crippen LogP contribution >= 0.6 is 11.3 Å². The van der Waals surface area contributed by atoms with Gasteiger partial charge in [0.2, 0.25) is 0 Å². The summed E-state index contributed by atoms with van der Waals surface area (Å²) >= 11 is 0.661. The first-order valence-corrected chi connectivity index (χ1v) is 6.14. The number of nitrogens with one attached hydrogen (secondary N) is 1. The maximum Gasteiger partial charge on any atom is 0.443 e. The van der Waals surface area contributed by atoms with Crippen LogP contribution in [-0.4, -0.2) is 17.6 Å². The second kappa shape index (κ2) is 6.16. The van der Waals surface area contributed by atoms with Gasteiger partial charge in [-0.3, -0.25) is 0 Å². The van der Waals surface area contributed by atoms with Crippen LogP contribution < -0.4 is 5.32 Å². The van der Waals surface area contributed by atoms with Gasteiger partial charge >= 0.3 is 6.18 Å². The fourth-order valence-electron chi connectivity index (χ4n) is 1.15. The van der Waals surface area contributed by atoms with Gasteiger partial charge in [-0.2, -0.15) is 13.2 Å². The molecule has 96 valence electrons. The van der Waals surface area contributed by atoms with Gasteiger partial charge in [0.25, 0.3) is 0 Å². The van der Waals surface area contributed by atoms with Crippen molar-refractivity contribution in [2.45, 2.75) is 32.5 Å². The molecule has 0 saturated carbocycles. The molecular formula is C11H15F3N2S. The number of hydrogen-bond acceptors (Lipinski definition) is 3. The summed E-state index contributed by atoms with van der Waals surface area (Å²) in [6.07, 6.45) is 1.23. The molecule has 0 unspecified atom stereocenters. The third-order valence-corrected chi connectivity index (χ3v) is 2.92. The molecule has 2 nitrogen and oxygen atoms in total. The summed E-state index contributed by atoms with van der Waals surface area (Å²) in [6, 6.07) is 0.420. The summed E-state index contributed by atoms with van der Waals surface area (Å²) in [5.74, 6) is 0. The first kappa shape index (κ1) is 14.2. The van der Waals surface area contributed by atoms with Crippen LogP contribution in [0.25, 0.3) is 6.08 Å². The average Bonchev–Trinajstić information content (AvgIpc) is 2.64. The fraction of sp³-hybridized carbons (Fsp3) is 0.545. The number of rotatable bonds is 5. The van der Waals surface area contributed by atoms with Crippen LogP contribution in [0.3, 0.4) is 0 Å². The standard InChI is InChI=1S/C11H15F3N2S/c1-8(2)15-6-4-3-5-9-7-16-10(17-9)11(12,13)14/h3,5,7-8,15H,4,6H2,1-2H3/b5-3+. The summed E-state index contributed by atoms with van der Waals surface area (Å²) in [6.45, 7) is 4.91. The van der Waals surface area contributed by atoms with Gasteiger partial charge in [0, 0.05) is 17.1 Å². The van der Waals surface area contributed by atoms with Crippen LogP contribution in [0.15, 0.2) is 12.3 Å². The monoisotopic (exact) mass is 264 g/mol. The van der Waals surface area contributed by atoms with E-state index in [1.165, 1.54) is 6.20 Å². The SMILES string of the molecule is CC(C)NCC/C=C/c1cnc(C(F)(F)F)s1. The van der Waals surface area contributed by atoms with E-state index in [1.54, 1.807) is 6.08 Å². The number of nitrogens with zero attached hydrogens (tertiary/aromatic N) is 1. The highest BCUT2D eigenvalue weighted by Gasteiger charge is 2.34. The topological polar surface area (TPSA) is 24.9 Å². The third-order valence-electron chi connectivity index (χ3n) is 1.91. The lowest BCUT2D eigenvalue weighted by Crippen LogP contribution is -2.23. The zero-order chi connectivity index (χ0) is 12.9. The third kappa shape index (κ3) is 5.32.